The van der Waals surface area contributed by atoms with Gasteiger partial charge in [0.1, 0.15) is 5.82 Å². The van der Waals surface area contributed by atoms with Crippen molar-refractivity contribution in [3.63, 3.8) is 0 Å². The number of nitrogens with one attached hydrogen (secondary N) is 1. The Bertz CT molecular complexity index is 509. The zero-order valence-electron chi connectivity index (χ0n) is 10.4. The number of carbonyl (C=O) groups excluding carboxylic acids is 1. The van der Waals surface area contributed by atoms with Crippen molar-refractivity contribution < 1.29 is 23.8 Å². The van der Waals surface area contributed by atoms with Crippen LogP contribution in [0.1, 0.15) is 17.3 Å². The van der Waals surface area contributed by atoms with Crippen LogP contribution in [0.3, 0.4) is 0 Å². The summed E-state index contributed by atoms with van der Waals surface area (Å²) in [5, 5.41) is 11.2. The lowest BCUT2D eigenvalue weighted by Gasteiger charge is -2.25. The number of aliphatic carboxylic acids is 1. The van der Waals surface area contributed by atoms with Gasteiger partial charge in [0.2, 0.25) is 0 Å². The minimum absolute atomic E-state index is 0.0648. The summed E-state index contributed by atoms with van der Waals surface area (Å²) in [6, 6.07) is 3.37. The molecule has 0 saturated carbocycles. The van der Waals surface area contributed by atoms with Crippen LogP contribution in [0.4, 0.5) is 4.39 Å². The molecule has 0 aromatic heterocycles. The van der Waals surface area contributed by atoms with E-state index in [4.69, 9.17) is 21.4 Å². The lowest BCUT2D eigenvalue weighted by atomic mass is 10.0. The van der Waals surface area contributed by atoms with Gasteiger partial charge in [0.25, 0.3) is 5.91 Å². The van der Waals surface area contributed by atoms with Gasteiger partial charge in [0.15, 0.2) is 5.54 Å². The molecule has 0 aliphatic rings. The molecule has 5 nitrogen and oxygen atoms in total. The molecule has 1 aromatic rings. The quantitative estimate of drug-likeness (QED) is 0.865. The number of carboxylic acid groups (broad SMARTS) is 1. The summed E-state index contributed by atoms with van der Waals surface area (Å²) in [6.07, 6.45) is 0. The third-order valence-corrected chi connectivity index (χ3v) is 2.77. The minimum Gasteiger partial charge on any atom is -0.479 e. The van der Waals surface area contributed by atoms with Gasteiger partial charge in [-0.15, -0.1) is 0 Å². The number of amides is 1. The second kappa shape index (κ2) is 5.99. The number of methoxy groups -OCH3 is 1. The molecule has 0 aliphatic heterocycles. The fraction of sp³-hybridized carbons (Fsp3) is 0.333. The molecule has 1 aromatic carbocycles. The van der Waals surface area contributed by atoms with Gasteiger partial charge in [-0.25, -0.2) is 9.18 Å². The standard InChI is InChI=1S/C12H13ClFNO4/c1-12(6-19-2,11(17)18)15-10(16)7-3-4-9(14)8(13)5-7/h3-5H,6H2,1-2H3,(H,15,16)(H,17,18). The molecule has 1 amide bonds. The van der Waals surface area contributed by atoms with Crippen LogP contribution in [-0.4, -0.2) is 36.2 Å². The third kappa shape index (κ3) is 3.65. The van der Waals surface area contributed by atoms with Crippen LogP contribution in [-0.2, 0) is 9.53 Å². The average Bonchev–Trinajstić information content (AvgIpc) is 2.32. The molecule has 1 rings (SSSR count). The van der Waals surface area contributed by atoms with E-state index in [1.165, 1.54) is 20.1 Å². The van der Waals surface area contributed by atoms with Crippen LogP contribution in [0.25, 0.3) is 0 Å². The Morgan fingerprint density at radius 3 is 2.63 bits per heavy atom. The molecule has 0 radical (unpaired) electrons. The molecule has 1 unspecified atom stereocenters. The van der Waals surface area contributed by atoms with E-state index < -0.39 is 23.2 Å². The number of hydrogen-bond donors (Lipinski definition) is 2. The molecule has 0 heterocycles. The van der Waals surface area contributed by atoms with Crippen molar-refractivity contribution in [2.24, 2.45) is 0 Å². The summed E-state index contributed by atoms with van der Waals surface area (Å²) in [5.74, 6) is -2.57. The van der Waals surface area contributed by atoms with Crippen molar-refractivity contribution >= 4 is 23.5 Å². The first-order chi connectivity index (χ1) is 8.80. The number of hydrogen-bond acceptors (Lipinski definition) is 3. The molecule has 0 spiro atoms. The topological polar surface area (TPSA) is 75.6 Å². The highest BCUT2D eigenvalue weighted by Gasteiger charge is 2.35. The lowest BCUT2D eigenvalue weighted by molar-refractivity contribution is -0.145. The summed E-state index contributed by atoms with van der Waals surface area (Å²) in [7, 11) is 1.32. The molecule has 104 valence electrons. The van der Waals surface area contributed by atoms with E-state index >= 15 is 0 Å². The van der Waals surface area contributed by atoms with Gasteiger partial charge in [-0.05, 0) is 25.1 Å². The molecular formula is C12H13ClFNO4. The first-order valence-corrected chi connectivity index (χ1v) is 5.68. The van der Waals surface area contributed by atoms with Crippen molar-refractivity contribution in [3.8, 4) is 0 Å². The maximum atomic E-state index is 13.0. The summed E-state index contributed by atoms with van der Waals surface area (Å²) in [5.41, 5.74) is -1.51. The Balaban J connectivity index is 2.94. The van der Waals surface area contributed by atoms with Crippen LogP contribution < -0.4 is 5.32 Å². The highest BCUT2D eigenvalue weighted by atomic mass is 35.5. The summed E-state index contributed by atoms with van der Waals surface area (Å²) < 4.78 is 17.7. The second-order valence-electron chi connectivity index (χ2n) is 4.15. The highest BCUT2D eigenvalue weighted by Crippen LogP contribution is 2.17. The van der Waals surface area contributed by atoms with Crippen LogP contribution in [0, 0.1) is 5.82 Å². The van der Waals surface area contributed by atoms with E-state index in [2.05, 4.69) is 5.32 Å². The molecule has 0 fully saturated rings. The predicted octanol–water partition coefficient (Wildman–Crippen LogP) is 1.70. The maximum Gasteiger partial charge on any atom is 0.331 e. The molecule has 2 N–H and O–H groups in total. The first kappa shape index (κ1) is 15.4. The van der Waals surface area contributed by atoms with Gasteiger partial charge < -0.3 is 15.2 Å². The number of ether oxygens (including phenoxy) is 1. The number of benzene rings is 1. The van der Waals surface area contributed by atoms with Crippen LogP contribution >= 0.6 is 11.6 Å². The Morgan fingerprint density at radius 1 is 1.53 bits per heavy atom. The average molecular weight is 290 g/mol. The molecular weight excluding hydrogens is 277 g/mol. The molecule has 1 atom stereocenters. The zero-order valence-corrected chi connectivity index (χ0v) is 11.1. The first-order valence-electron chi connectivity index (χ1n) is 5.30. The summed E-state index contributed by atoms with van der Waals surface area (Å²) in [4.78, 5) is 23.0. The normalized spacial score (nSPS) is 13.7. The molecule has 0 aliphatic carbocycles. The van der Waals surface area contributed by atoms with Crippen molar-refractivity contribution in [3.05, 3.63) is 34.6 Å². The Kier molecular flexibility index (Phi) is 4.85. The molecule has 0 bridgehead atoms. The molecule has 7 heteroatoms. The van der Waals surface area contributed by atoms with Gasteiger partial charge in [-0.2, -0.15) is 0 Å². The smallest absolute Gasteiger partial charge is 0.331 e. The Hall–Kier alpha value is -1.66. The van der Waals surface area contributed by atoms with Crippen LogP contribution in [0.5, 0.6) is 0 Å². The number of carboxylic acids is 1. The molecule has 0 saturated heterocycles. The van der Waals surface area contributed by atoms with E-state index in [1.54, 1.807) is 0 Å². The van der Waals surface area contributed by atoms with Crippen molar-refractivity contribution in [1.29, 1.82) is 0 Å². The number of carbonyl (C=O) groups is 2. The van der Waals surface area contributed by atoms with Crippen LogP contribution in [0.15, 0.2) is 18.2 Å². The van der Waals surface area contributed by atoms with E-state index in [-0.39, 0.29) is 17.2 Å². The zero-order chi connectivity index (χ0) is 14.6. The summed E-state index contributed by atoms with van der Waals surface area (Å²) in [6.45, 7) is 1.10. The Morgan fingerprint density at radius 2 is 2.16 bits per heavy atom. The fourth-order valence-corrected chi connectivity index (χ4v) is 1.58. The minimum atomic E-state index is -1.58. The van der Waals surface area contributed by atoms with Gasteiger partial charge in [0.05, 0.1) is 11.6 Å². The SMILES string of the molecule is COCC(C)(NC(=O)c1ccc(F)c(Cl)c1)C(=O)O. The Labute approximate surface area is 114 Å². The van der Waals surface area contributed by atoms with E-state index in [0.717, 1.165) is 12.1 Å². The summed E-state index contributed by atoms with van der Waals surface area (Å²) >= 11 is 5.56. The van der Waals surface area contributed by atoms with Gasteiger partial charge in [-0.3, -0.25) is 4.79 Å². The maximum absolute atomic E-state index is 13.0. The number of rotatable bonds is 5. The van der Waals surface area contributed by atoms with E-state index in [0.29, 0.717) is 0 Å². The van der Waals surface area contributed by atoms with Gasteiger partial charge in [0, 0.05) is 12.7 Å². The van der Waals surface area contributed by atoms with Gasteiger partial charge in [-0.1, -0.05) is 11.6 Å². The predicted molar refractivity (Wildman–Crippen MR) is 66.8 cm³/mol. The van der Waals surface area contributed by atoms with Crippen molar-refractivity contribution in [2.75, 3.05) is 13.7 Å². The van der Waals surface area contributed by atoms with Crippen molar-refractivity contribution in [2.45, 2.75) is 12.5 Å². The molecule has 19 heavy (non-hydrogen) atoms. The highest BCUT2D eigenvalue weighted by molar-refractivity contribution is 6.31. The van der Waals surface area contributed by atoms with Crippen molar-refractivity contribution in [1.82, 2.24) is 5.32 Å². The van der Waals surface area contributed by atoms with Crippen LogP contribution in [0.2, 0.25) is 5.02 Å². The van der Waals surface area contributed by atoms with E-state index in [9.17, 15) is 14.0 Å². The third-order valence-electron chi connectivity index (χ3n) is 2.48. The van der Waals surface area contributed by atoms with E-state index in [1.807, 2.05) is 0 Å². The second-order valence-corrected chi connectivity index (χ2v) is 4.56. The largest absolute Gasteiger partial charge is 0.479 e. The monoisotopic (exact) mass is 289 g/mol. The fourth-order valence-electron chi connectivity index (χ4n) is 1.40. The van der Waals surface area contributed by atoms with Gasteiger partial charge >= 0.3 is 5.97 Å². The lowest BCUT2D eigenvalue weighted by Crippen LogP contribution is -2.55. The number of halogens is 2.